The second-order valence-corrected chi connectivity index (χ2v) is 5.84. The van der Waals surface area contributed by atoms with Crippen LogP contribution in [0.1, 0.15) is 12.0 Å². The van der Waals surface area contributed by atoms with Crippen molar-refractivity contribution in [1.82, 2.24) is 0 Å². The van der Waals surface area contributed by atoms with E-state index in [0.29, 0.717) is 17.9 Å². The van der Waals surface area contributed by atoms with E-state index in [1.165, 1.54) is 23.9 Å². The zero-order valence-corrected chi connectivity index (χ0v) is 12.5. The minimum absolute atomic E-state index is 0.140. The lowest BCUT2D eigenvalue weighted by molar-refractivity contribution is -0.115. The summed E-state index contributed by atoms with van der Waals surface area (Å²) in [5.74, 6) is 0.113. The molecule has 0 saturated heterocycles. The van der Waals surface area contributed by atoms with Crippen molar-refractivity contribution in [3.8, 4) is 0 Å². The van der Waals surface area contributed by atoms with Gasteiger partial charge in [0.15, 0.2) is 0 Å². The molecule has 0 aliphatic carbocycles. The first-order valence-corrected chi connectivity index (χ1v) is 7.57. The molecule has 0 radical (unpaired) electrons. The summed E-state index contributed by atoms with van der Waals surface area (Å²) in [4.78, 5) is 12.7. The molecule has 0 bridgehead atoms. The first-order chi connectivity index (χ1) is 10.0. The van der Waals surface area contributed by atoms with Crippen LogP contribution in [-0.4, -0.2) is 11.7 Å². The third kappa shape index (κ3) is 4.79. The van der Waals surface area contributed by atoms with Gasteiger partial charge in [-0.05, 0) is 42.8 Å². The average Bonchev–Trinajstić information content (AvgIpc) is 2.41. The van der Waals surface area contributed by atoms with Gasteiger partial charge in [-0.3, -0.25) is 4.79 Å². The number of nitrogens with two attached hydrogens (primary N) is 1. The predicted octanol–water partition coefficient (Wildman–Crippen LogP) is 3.84. The van der Waals surface area contributed by atoms with Gasteiger partial charge in [-0.1, -0.05) is 12.1 Å². The van der Waals surface area contributed by atoms with E-state index in [2.05, 4.69) is 5.32 Å². The molecule has 0 unspecified atom stereocenters. The third-order valence-corrected chi connectivity index (χ3v) is 3.95. The number of hydrogen-bond donors (Lipinski definition) is 2. The zero-order valence-electron chi connectivity index (χ0n) is 11.7. The Morgan fingerprint density at radius 1 is 1.29 bits per heavy atom. The predicted molar refractivity (Wildman–Crippen MR) is 86.0 cm³/mol. The molecular weight excluding hydrogens is 287 g/mol. The first-order valence-electron chi connectivity index (χ1n) is 6.59. The Balaban J connectivity index is 1.81. The lowest BCUT2D eigenvalue weighted by Gasteiger charge is -2.07. The molecule has 0 heterocycles. The maximum absolute atomic E-state index is 13.0. The van der Waals surface area contributed by atoms with E-state index in [9.17, 15) is 9.18 Å². The van der Waals surface area contributed by atoms with Crippen LogP contribution in [-0.2, 0) is 4.79 Å². The molecule has 0 atom stereocenters. The van der Waals surface area contributed by atoms with Gasteiger partial charge in [0.2, 0.25) is 5.91 Å². The number of anilines is 2. The summed E-state index contributed by atoms with van der Waals surface area (Å²) < 4.78 is 13.0. The summed E-state index contributed by atoms with van der Waals surface area (Å²) in [5, 5.41) is 2.67. The molecule has 0 aliphatic heterocycles. The van der Waals surface area contributed by atoms with Crippen LogP contribution >= 0.6 is 11.8 Å². The largest absolute Gasteiger partial charge is 0.398 e. The van der Waals surface area contributed by atoms with Crippen LogP contribution in [0.5, 0.6) is 0 Å². The molecule has 1 amide bonds. The molecule has 110 valence electrons. The Hall–Kier alpha value is -2.01. The Kier molecular flexibility index (Phi) is 5.22. The number of thioether (sulfide) groups is 1. The third-order valence-electron chi connectivity index (χ3n) is 2.86. The molecule has 3 nitrogen and oxygen atoms in total. The molecule has 5 heteroatoms. The number of nitrogens with one attached hydrogen (secondary N) is 1. The van der Waals surface area contributed by atoms with Crippen LogP contribution in [0, 0.1) is 12.7 Å². The summed E-state index contributed by atoms with van der Waals surface area (Å²) in [6, 6.07) is 11.7. The van der Waals surface area contributed by atoms with E-state index < -0.39 is 0 Å². The monoisotopic (exact) mass is 304 g/mol. The topological polar surface area (TPSA) is 55.1 Å². The highest BCUT2D eigenvalue weighted by Crippen LogP contribution is 2.26. The van der Waals surface area contributed by atoms with Gasteiger partial charge in [0, 0.05) is 28.4 Å². The normalized spacial score (nSPS) is 10.4. The molecule has 0 spiro atoms. The molecule has 0 saturated carbocycles. The number of carbonyl (C=O) groups excluding carboxylic acids is 1. The number of rotatable bonds is 5. The van der Waals surface area contributed by atoms with E-state index in [4.69, 9.17) is 5.73 Å². The zero-order chi connectivity index (χ0) is 15.2. The molecule has 2 aromatic rings. The summed E-state index contributed by atoms with van der Waals surface area (Å²) >= 11 is 1.54. The smallest absolute Gasteiger partial charge is 0.225 e. The van der Waals surface area contributed by atoms with Crippen molar-refractivity contribution in [2.24, 2.45) is 0 Å². The lowest BCUT2D eigenvalue weighted by atomic mass is 10.2. The van der Waals surface area contributed by atoms with Crippen molar-refractivity contribution < 1.29 is 9.18 Å². The maximum atomic E-state index is 13.0. The van der Waals surface area contributed by atoms with Gasteiger partial charge in [-0.2, -0.15) is 0 Å². The van der Waals surface area contributed by atoms with Gasteiger partial charge in [0.25, 0.3) is 0 Å². The number of hydrogen-bond acceptors (Lipinski definition) is 3. The minimum Gasteiger partial charge on any atom is -0.398 e. The van der Waals surface area contributed by atoms with Crippen molar-refractivity contribution in [2.45, 2.75) is 18.2 Å². The Labute approximate surface area is 127 Å². The Bertz CT molecular complexity index is 646. The van der Waals surface area contributed by atoms with E-state index in [0.717, 1.165) is 16.1 Å². The molecule has 0 aliphatic rings. The van der Waals surface area contributed by atoms with Crippen LogP contribution in [0.2, 0.25) is 0 Å². The van der Waals surface area contributed by atoms with Crippen molar-refractivity contribution in [3.63, 3.8) is 0 Å². The van der Waals surface area contributed by atoms with Crippen molar-refractivity contribution >= 4 is 29.0 Å². The van der Waals surface area contributed by atoms with Crippen LogP contribution in [0.25, 0.3) is 0 Å². The highest BCUT2D eigenvalue weighted by Gasteiger charge is 2.05. The second kappa shape index (κ2) is 7.13. The number of carbonyl (C=O) groups is 1. The Morgan fingerprint density at radius 3 is 2.81 bits per heavy atom. The van der Waals surface area contributed by atoms with Crippen molar-refractivity contribution in [3.05, 3.63) is 53.8 Å². The van der Waals surface area contributed by atoms with Gasteiger partial charge in [0.1, 0.15) is 5.82 Å². The molecule has 0 fully saturated rings. The quantitative estimate of drug-likeness (QED) is 0.652. The van der Waals surface area contributed by atoms with Gasteiger partial charge in [0.05, 0.1) is 0 Å². The fraction of sp³-hybridized carbons (Fsp3) is 0.188. The standard InChI is InChI=1S/C16H17FN2OS/c1-11-5-6-15(14(18)9-11)21-8-7-16(20)19-13-4-2-3-12(17)10-13/h2-6,9-10H,7-8,18H2,1H3,(H,19,20). The summed E-state index contributed by atoms with van der Waals surface area (Å²) in [5.41, 5.74) is 8.23. The fourth-order valence-electron chi connectivity index (χ4n) is 1.84. The molecule has 0 aromatic heterocycles. The van der Waals surface area contributed by atoms with Gasteiger partial charge >= 0.3 is 0 Å². The Morgan fingerprint density at radius 2 is 2.10 bits per heavy atom. The van der Waals surface area contributed by atoms with Crippen LogP contribution < -0.4 is 11.1 Å². The van der Waals surface area contributed by atoms with Crippen molar-refractivity contribution in [1.29, 1.82) is 0 Å². The summed E-state index contributed by atoms with van der Waals surface area (Å²) in [6.07, 6.45) is 0.342. The number of aryl methyl sites for hydroxylation is 1. The minimum atomic E-state index is -0.366. The fourth-order valence-corrected chi connectivity index (χ4v) is 2.74. The highest BCUT2D eigenvalue weighted by molar-refractivity contribution is 7.99. The molecule has 2 aromatic carbocycles. The lowest BCUT2D eigenvalue weighted by Crippen LogP contribution is -2.12. The SMILES string of the molecule is Cc1ccc(SCCC(=O)Nc2cccc(F)c2)c(N)c1. The van der Waals surface area contributed by atoms with Crippen LogP contribution in [0.15, 0.2) is 47.4 Å². The van der Waals surface area contributed by atoms with Gasteiger partial charge < -0.3 is 11.1 Å². The highest BCUT2D eigenvalue weighted by atomic mass is 32.2. The van der Waals surface area contributed by atoms with Crippen LogP contribution in [0.4, 0.5) is 15.8 Å². The van der Waals surface area contributed by atoms with Gasteiger partial charge in [-0.15, -0.1) is 11.8 Å². The van der Waals surface area contributed by atoms with E-state index >= 15 is 0 Å². The molecule has 3 N–H and O–H groups in total. The maximum Gasteiger partial charge on any atom is 0.225 e. The van der Waals surface area contributed by atoms with E-state index in [1.807, 2.05) is 25.1 Å². The molecular formula is C16H17FN2OS. The second-order valence-electron chi connectivity index (χ2n) is 4.70. The average molecular weight is 304 g/mol. The molecule has 2 rings (SSSR count). The van der Waals surface area contributed by atoms with Crippen molar-refractivity contribution in [2.75, 3.05) is 16.8 Å². The number of amides is 1. The van der Waals surface area contributed by atoms with E-state index in [-0.39, 0.29) is 11.7 Å². The summed E-state index contributed by atoms with van der Waals surface area (Å²) in [7, 11) is 0. The van der Waals surface area contributed by atoms with Gasteiger partial charge in [-0.25, -0.2) is 4.39 Å². The van der Waals surface area contributed by atoms with Crippen LogP contribution in [0.3, 0.4) is 0 Å². The first kappa shape index (κ1) is 15.4. The number of benzene rings is 2. The number of nitrogen functional groups attached to an aromatic ring is 1. The molecule has 21 heavy (non-hydrogen) atoms. The van der Waals surface area contributed by atoms with E-state index in [1.54, 1.807) is 12.1 Å². The number of halogens is 1. The summed E-state index contributed by atoms with van der Waals surface area (Å²) in [6.45, 7) is 1.98.